The lowest BCUT2D eigenvalue weighted by atomic mass is 10.2. The van der Waals surface area contributed by atoms with Gasteiger partial charge in [-0.25, -0.2) is 8.42 Å². The number of hydrogen-bond donors (Lipinski definition) is 1. The second kappa shape index (κ2) is 10.7. The molecular weight excluding hydrogens is 575 g/mol. The number of anilines is 2. The number of thioether (sulfide) groups is 2. The Kier molecular flexibility index (Phi) is 8.23. The number of nitrogens with zero attached hydrogens (tertiary/aromatic N) is 2. The summed E-state index contributed by atoms with van der Waals surface area (Å²) in [7, 11) is -8.42. The van der Waals surface area contributed by atoms with E-state index in [0.717, 1.165) is 26.2 Å². The van der Waals surface area contributed by atoms with E-state index in [4.69, 9.17) is 27.8 Å². The molecule has 8 nitrogen and oxygen atoms in total. The van der Waals surface area contributed by atoms with E-state index in [0.29, 0.717) is 23.1 Å². The van der Waals surface area contributed by atoms with Crippen molar-refractivity contribution in [2.45, 2.75) is 28.0 Å². The second-order valence-electron chi connectivity index (χ2n) is 7.94. The molecule has 0 amide bonds. The molecule has 2 aliphatic heterocycles. The molecule has 0 bridgehead atoms. The highest BCUT2D eigenvalue weighted by Crippen LogP contribution is 2.50. The molecule has 0 fully saturated rings. The summed E-state index contributed by atoms with van der Waals surface area (Å²) in [6, 6.07) is 11.0. The van der Waals surface area contributed by atoms with Crippen LogP contribution < -0.4 is 9.80 Å². The van der Waals surface area contributed by atoms with Gasteiger partial charge in [-0.1, -0.05) is 46.7 Å². The predicted molar refractivity (Wildman–Crippen MR) is 141 cm³/mol. The molecule has 2 aromatic carbocycles. The lowest BCUT2D eigenvalue weighted by Crippen LogP contribution is -2.31. The highest BCUT2D eigenvalue weighted by atomic mass is 35.5. The normalized spacial score (nSPS) is 18.9. The Labute approximate surface area is 223 Å². The van der Waals surface area contributed by atoms with E-state index < -0.39 is 26.0 Å². The van der Waals surface area contributed by atoms with Crippen LogP contribution in [-0.4, -0.2) is 55.9 Å². The fraction of sp³-hybridized carbons (Fsp3) is 0.333. The lowest BCUT2D eigenvalue weighted by molar-refractivity contribution is 0.461. The smallest absolute Gasteiger partial charge is 0.264 e. The molecule has 0 spiro atoms. The van der Waals surface area contributed by atoms with E-state index in [2.05, 4.69) is 0 Å². The number of halogens is 2. The van der Waals surface area contributed by atoms with E-state index >= 15 is 0 Å². The molecule has 2 heterocycles. The molecule has 2 aromatic rings. The van der Waals surface area contributed by atoms with Crippen LogP contribution in [0.15, 0.2) is 57.3 Å². The monoisotopic (exact) mass is 595 g/mol. The Hall–Kier alpha value is -1.12. The molecule has 1 atom stereocenters. The van der Waals surface area contributed by atoms with Crippen LogP contribution in [0.3, 0.4) is 0 Å². The summed E-state index contributed by atoms with van der Waals surface area (Å²) >= 11 is 15.5. The van der Waals surface area contributed by atoms with Crippen LogP contribution in [0.2, 0.25) is 10.0 Å². The van der Waals surface area contributed by atoms with Gasteiger partial charge >= 0.3 is 0 Å². The Morgan fingerprint density at radius 3 is 2.23 bits per heavy atom. The lowest BCUT2D eigenvalue weighted by Gasteiger charge is -2.27. The molecule has 190 valence electrons. The minimum Gasteiger partial charge on any atom is -0.748 e. The van der Waals surface area contributed by atoms with Crippen LogP contribution in [0.25, 0.3) is 0 Å². The van der Waals surface area contributed by atoms with Gasteiger partial charge in [0.15, 0.2) is 0 Å². The van der Waals surface area contributed by atoms with Crippen molar-refractivity contribution >= 4 is 78.3 Å². The third kappa shape index (κ3) is 7.01. The van der Waals surface area contributed by atoms with Gasteiger partial charge in [-0.3, -0.25) is 4.55 Å². The highest BCUT2D eigenvalue weighted by molar-refractivity contribution is 8.04. The summed E-state index contributed by atoms with van der Waals surface area (Å²) in [6.45, 7) is 0.680. The van der Waals surface area contributed by atoms with Crippen molar-refractivity contribution in [3.8, 4) is 0 Å². The number of fused-ring (bicyclic) bond motifs is 2. The fourth-order valence-corrected chi connectivity index (χ4v) is 7.66. The number of rotatable bonds is 9. The van der Waals surface area contributed by atoms with Crippen LogP contribution in [-0.2, 0) is 20.2 Å². The third-order valence-electron chi connectivity index (χ3n) is 5.34. The van der Waals surface area contributed by atoms with Gasteiger partial charge in [0.05, 0.1) is 32.3 Å². The molecule has 0 aromatic heterocycles. The first-order valence-electron chi connectivity index (χ1n) is 10.5. The van der Waals surface area contributed by atoms with Crippen molar-refractivity contribution in [3.63, 3.8) is 0 Å². The molecule has 0 saturated heterocycles. The summed E-state index contributed by atoms with van der Waals surface area (Å²) in [5.41, 5.74) is 1.70. The Balaban J connectivity index is 1.63. The van der Waals surface area contributed by atoms with Crippen molar-refractivity contribution in [1.82, 2.24) is 0 Å². The van der Waals surface area contributed by atoms with Gasteiger partial charge in [-0.15, -0.1) is 0 Å². The zero-order chi connectivity index (χ0) is 25.4. The maximum absolute atomic E-state index is 11.2. The molecule has 0 saturated carbocycles. The average Bonchev–Trinajstić information content (AvgIpc) is 3.24. The molecule has 35 heavy (non-hydrogen) atoms. The Bertz CT molecular complexity index is 1370. The first-order chi connectivity index (χ1) is 16.4. The molecule has 2 aliphatic rings. The SMILES string of the molecule is O=S(=O)([O-])CCCN1c2cc(Cl)ccc2SC1/C=C1\Sc2ccc(Cl)cc2N1CCCS(=O)(=O)O. The quantitative estimate of drug-likeness (QED) is 0.401. The van der Waals surface area contributed by atoms with Crippen LogP contribution in [0.1, 0.15) is 12.8 Å². The summed E-state index contributed by atoms with van der Waals surface area (Å²) in [4.78, 5) is 5.91. The first-order valence-corrected chi connectivity index (χ1v) is 16.1. The van der Waals surface area contributed by atoms with Crippen LogP contribution >= 0.6 is 46.7 Å². The van der Waals surface area contributed by atoms with E-state index in [1.165, 1.54) is 11.8 Å². The van der Waals surface area contributed by atoms with Gasteiger partial charge in [0.25, 0.3) is 10.1 Å². The van der Waals surface area contributed by atoms with Crippen molar-refractivity contribution in [2.75, 3.05) is 34.4 Å². The third-order valence-corrected chi connectivity index (χ3v) is 9.77. The fourth-order valence-electron chi connectivity index (χ4n) is 3.88. The largest absolute Gasteiger partial charge is 0.748 e. The minimum absolute atomic E-state index is 0.166. The van der Waals surface area contributed by atoms with E-state index in [1.54, 1.807) is 23.9 Å². The summed E-state index contributed by atoms with van der Waals surface area (Å²) in [5, 5.41) is 1.73. The molecule has 4 rings (SSSR count). The molecule has 1 unspecified atom stereocenters. The van der Waals surface area contributed by atoms with Gasteiger partial charge in [0.1, 0.15) is 5.37 Å². The first kappa shape index (κ1) is 26.9. The van der Waals surface area contributed by atoms with Crippen LogP contribution in [0, 0.1) is 0 Å². The number of benzene rings is 2. The topological polar surface area (TPSA) is 118 Å². The van der Waals surface area contributed by atoms with Crippen LogP contribution in [0.5, 0.6) is 0 Å². The summed E-state index contributed by atoms with van der Waals surface area (Å²) in [5.74, 6) is -0.830. The van der Waals surface area contributed by atoms with Crippen LogP contribution in [0.4, 0.5) is 11.4 Å². The second-order valence-corrected chi connectivity index (χ2v) is 14.1. The Morgan fingerprint density at radius 2 is 1.57 bits per heavy atom. The zero-order valence-corrected chi connectivity index (χ0v) is 22.9. The van der Waals surface area contributed by atoms with Crippen molar-refractivity contribution < 1.29 is 25.9 Å². The van der Waals surface area contributed by atoms with Gasteiger partial charge < -0.3 is 14.4 Å². The summed E-state index contributed by atoms with van der Waals surface area (Å²) in [6.07, 6.45) is 2.40. The van der Waals surface area contributed by atoms with E-state index in [-0.39, 0.29) is 24.0 Å². The maximum atomic E-state index is 11.2. The van der Waals surface area contributed by atoms with E-state index in [1.807, 2.05) is 40.1 Å². The van der Waals surface area contributed by atoms with Gasteiger partial charge in [-0.2, -0.15) is 8.42 Å². The molecular formula is C21H21Cl2N2O6S4-. The van der Waals surface area contributed by atoms with E-state index in [9.17, 15) is 21.4 Å². The Morgan fingerprint density at radius 1 is 0.943 bits per heavy atom. The van der Waals surface area contributed by atoms with Crippen molar-refractivity contribution in [3.05, 3.63) is 57.5 Å². The van der Waals surface area contributed by atoms with Gasteiger partial charge in [0.2, 0.25) is 0 Å². The molecule has 0 aliphatic carbocycles. The minimum atomic E-state index is -4.33. The number of hydrogen-bond acceptors (Lipinski definition) is 9. The van der Waals surface area contributed by atoms with Gasteiger partial charge in [0, 0.05) is 38.7 Å². The highest BCUT2D eigenvalue weighted by Gasteiger charge is 2.32. The molecule has 14 heteroatoms. The van der Waals surface area contributed by atoms with Gasteiger partial charge in [-0.05, 0) is 55.3 Å². The zero-order valence-electron chi connectivity index (χ0n) is 18.1. The molecule has 1 N–H and O–H groups in total. The van der Waals surface area contributed by atoms with Crippen molar-refractivity contribution in [2.24, 2.45) is 0 Å². The standard InChI is InChI=1S/C21H22Cl2N2O6S4/c22-14-3-5-18-16(11-14)24(7-1-9-34(26,27)28)20(32-18)13-21-25(8-2-10-35(29,30)31)17-12-15(23)4-6-19(17)33-21/h3-6,11-13,20H,1-2,7-10H2,(H,26,27,28)(H,29,30,31)/p-1/b21-13-. The predicted octanol–water partition coefficient (Wildman–Crippen LogP) is 4.90. The summed E-state index contributed by atoms with van der Waals surface area (Å²) < 4.78 is 65.1. The van der Waals surface area contributed by atoms with Crippen molar-refractivity contribution in [1.29, 1.82) is 0 Å². The maximum Gasteiger partial charge on any atom is 0.264 e. The average molecular weight is 597 g/mol. The molecule has 0 radical (unpaired) electrons.